The van der Waals surface area contributed by atoms with Crippen molar-refractivity contribution in [2.45, 2.75) is 6.92 Å². The van der Waals surface area contributed by atoms with Crippen molar-refractivity contribution >= 4 is 17.2 Å². The molecule has 0 aliphatic heterocycles. The van der Waals surface area contributed by atoms with Crippen LogP contribution in [-0.4, -0.2) is 34.2 Å². The van der Waals surface area contributed by atoms with Crippen LogP contribution in [0.2, 0.25) is 0 Å². The molecule has 142 valence electrons. The van der Waals surface area contributed by atoms with Gasteiger partial charge in [0.2, 0.25) is 0 Å². The highest BCUT2D eigenvalue weighted by atomic mass is 32.1. The molecule has 0 amide bonds. The molecule has 4 rings (SSSR count). The summed E-state index contributed by atoms with van der Waals surface area (Å²) in [5, 5.41) is 11.1. The van der Waals surface area contributed by atoms with Gasteiger partial charge in [0.25, 0.3) is 0 Å². The molecule has 2 heterocycles. The lowest BCUT2D eigenvalue weighted by Crippen LogP contribution is -2.02. The summed E-state index contributed by atoms with van der Waals surface area (Å²) in [7, 11) is 3.26. The number of benzene rings is 2. The number of anilines is 1. The van der Waals surface area contributed by atoms with Crippen molar-refractivity contribution < 1.29 is 9.47 Å². The number of thiazole rings is 1. The largest absolute Gasteiger partial charge is 0.497 e. The number of nitrogen functional groups attached to an aromatic ring is 1. The molecule has 28 heavy (non-hydrogen) atoms. The lowest BCUT2D eigenvalue weighted by molar-refractivity contribution is 0.404. The van der Waals surface area contributed by atoms with Gasteiger partial charge >= 0.3 is 0 Å². The molecule has 0 bridgehead atoms. The molecule has 2 aromatic heterocycles. The van der Waals surface area contributed by atoms with E-state index >= 15 is 0 Å². The third kappa shape index (κ3) is 3.18. The van der Waals surface area contributed by atoms with Gasteiger partial charge in [0, 0.05) is 10.9 Å². The van der Waals surface area contributed by atoms with Crippen LogP contribution >= 0.6 is 11.3 Å². The van der Waals surface area contributed by atoms with Gasteiger partial charge in [-0.15, -0.1) is 16.4 Å². The zero-order valence-corrected chi connectivity index (χ0v) is 16.5. The quantitative estimate of drug-likeness (QED) is 0.552. The molecule has 7 nitrogen and oxygen atoms in total. The Labute approximate surface area is 166 Å². The second-order valence-corrected chi connectivity index (χ2v) is 7.03. The summed E-state index contributed by atoms with van der Waals surface area (Å²) < 4.78 is 12.4. The van der Waals surface area contributed by atoms with E-state index in [0.717, 1.165) is 22.7 Å². The van der Waals surface area contributed by atoms with Gasteiger partial charge in [-0.25, -0.2) is 4.98 Å². The molecule has 2 aromatic carbocycles. The third-order valence-corrected chi connectivity index (χ3v) is 5.22. The topological polar surface area (TPSA) is 88.1 Å². The summed E-state index contributed by atoms with van der Waals surface area (Å²) in [6.07, 6.45) is 0. The minimum Gasteiger partial charge on any atom is -0.497 e. The average molecular weight is 393 g/mol. The highest BCUT2D eigenvalue weighted by molar-refractivity contribution is 7.13. The average Bonchev–Trinajstić information content (AvgIpc) is 3.35. The lowest BCUT2D eigenvalue weighted by Gasteiger charge is -2.08. The van der Waals surface area contributed by atoms with E-state index in [1.54, 1.807) is 18.9 Å². The fraction of sp³-hybridized carbons (Fsp3) is 0.150. The molecule has 0 spiro atoms. The maximum Gasteiger partial charge on any atom is 0.165 e. The number of hydrogen-bond donors (Lipinski definition) is 1. The fourth-order valence-electron chi connectivity index (χ4n) is 2.84. The van der Waals surface area contributed by atoms with E-state index < -0.39 is 0 Å². The Balaban J connectivity index is 1.72. The van der Waals surface area contributed by atoms with Crippen molar-refractivity contribution in [1.29, 1.82) is 0 Å². The summed E-state index contributed by atoms with van der Waals surface area (Å²) in [5.74, 6) is 1.89. The first-order chi connectivity index (χ1) is 13.6. The van der Waals surface area contributed by atoms with Gasteiger partial charge in [0.1, 0.15) is 16.5 Å². The second kappa shape index (κ2) is 7.32. The third-order valence-electron chi connectivity index (χ3n) is 4.37. The van der Waals surface area contributed by atoms with E-state index in [2.05, 4.69) is 10.3 Å². The molecule has 0 fully saturated rings. The predicted molar refractivity (Wildman–Crippen MR) is 110 cm³/mol. The Morgan fingerprint density at radius 3 is 2.54 bits per heavy atom. The number of hydrogen-bond acceptors (Lipinski definition) is 7. The molecular weight excluding hydrogens is 374 g/mol. The van der Waals surface area contributed by atoms with Crippen molar-refractivity contribution in [3.63, 3.8) is 0 Å². The number of rotatable bonds is 5. The van der Waals surface area contributed by atoms with E-state index in [9.17, 15) is 0 Å². The second-order valence-electron chi connectivity index (χ2n) is 6.17. The molecule has 0 saturated carbocycles. The molecule has 0 aliphatic carbocycles. The molecule has 8 heteroatoms. The minimum atomic E-state index is 0.447. The molecule has 0 atom stereocenters. The highest BCUT2D eigenvalue weighted by Crippen LogP contribution is 2.37. The Morgan fingerprint density at radius 1 is 1.04 bits per heavy atom. The fourth-order valence-corrected chi connectivity index (χ4v) is 3.65. The maximum absolute atomic E-state index is 6.32. The van der Waals surface area contributed by atoms with Crippen molar-refractivity contribution in [2.75, 3.05) is 20.0 Å². The van der Waals surface area contributed by atoms with Crippen molar-refractivity contribution in [3.05, 3.63) is 53.4 Å². The van der Waals surface area contributed by atoms with E-state index in [1.807, 2.05) is 54.8 Å². The van der Waals surface area contributed by atoms with Crippen LogP contribution < -0.4 is 15.2 Å². The van der Waals surface area contributed by atoms with Crippen LogP contribution in [0, 0.1) is 6.92 Å². The smallest absolute Gasteiger partial charge is 0.165 e. The van der Waals surface area contributed by atoms with Crippen LogP contribution in [0.5, 0.6) is 11.5 Å². The Kier molecular flexibility index (Phi) is 4.70. The predicted octanol–water partition coefficient (Wildman–Crippen LogP) is 3.97. The van der Waals surface area contributed by atoms with Crippen molar-refractivity contribution in [2.24, 2.45) is 0 Å². The highest BCUT2D eigenvalue weighted by Gasteiger charge is 2.18. The first kappa shape index (κ1) is 18.0. The van der Waals surface area contributed by atoms with Gasteiger partial charge in [-0.05, 0) is 37.3 Å². The summed E-state index contributed by atoms with van der Waals surface area (Å²) in [6, 6.07) is 13.5. The number of aromatic nitrogens is 4. The van der Waals surface area contributed by atoms with Gasteiger partial charge in [-0.1, -0.05) is 22.9 Å². The van der Waals surface area contributed by atoms with Crippen LogP contribution in [0.4, 0.5) is 5.82 Å². The zero-order chi connectivity index (χ0) is 19.7. The maximum atomic E-state index is 6.32. The van der Waals surface area contributed by atoms with Gasteiger partial charge in [-0.3, -0.25) is 0 Å². The molecule has 0 unspecified atom stereocenters. The van der Waals surface area contributed by atoms with Gasteiger partial charge < -0.3 is 15.2 Å². The van der Waals surface area contributed by atoms with Crippen LogP contribution in [0.15, 0.2) is 47.8 Å². The minimum absolute atomic E-state index is 0.447. The van der Waals surface area contributed by atoms with Crippen LogP contribution in [0.1, 0.15) is 5.56 Å². The molecule has 2 N–H and O–H groups in total. The van der Waals surface area contributed by atoms with Gasteiger partial charge in [0.15, 0.2) is 11.5 Å². The first-order valence-electron chi connectivity index (χ1n) is 8.57. The molecular formula is C20H19N5O2S. The van der Waals surface area contributed by atoms with Crippen LogP contribution in [0.3, 0.4) is 0 Å². The Morgan fingerprint density at radius 2 is 1.82 bits per heavy atom. The van der Waals surface area contributed by atoms with Crippen LogP contribution in [-0.2, 0) is 0 Å². The van der Waals surface area contributed by atoms with E-state index in [-0.39, 0.29) is 0 Å². The van der Waals surface area contributed by atoms with Crippen molar-refractivity contribution in [3.8, 4) is 39.1 Å². The Bertz CT molecular complexity index is 1120. The molecule has 0 saturated heterocycles. The molecule has 4 aromatic rings. The zero-order valence-electron chi connectivity index (χ0n) is 15.7. The number of nitrogens with zero attached hydrogens (tertiary/aromatic N) is 4. The first-order valence-corrected chi connectivity index (χ1v) is 9.45. The van der Waals surface area contributed by atoms with Crippen molar-refractivity contribution in [1.82, 2.24) is 20.0 Å². The summed E-state index contributed by atoms with van der Waals surface area (Å²) in [5.41, 5.74) is 10.5. The van der Waals surface area contributed by atoms with Crippen LogP contribution in [0.25, 0.3) is 27.6 Å². The SMILES string of the molecule is COc1ccc(OC)c(-c2csc(-c3nnn(-c4ccc(C)cc4)c3N)n2)c1. The normalized spacial score (nSPS) is 10.8. The summed E-state index contributed by atoms with van der Waals surface area (Å²) in [6.45, 7) is 2.03. The number of ether oxygens (including phenoxy) is 2. The standard InChI is InChI=1S/C20H19N5O2S/c1-12-4-6-13(7-5-12)25-19(21)18(23-24-25)20-22-16(11-28-20)15-10-14(26-2)8-9-17(15)27-3/h4-11H,21H2,1-3H3. The summed E-state index contributed by atoms with van der Waals surface area (Å²) in [4.78, 5) is 4.70. The Hall–Kier alpha value is -3.39. The van der Waals surface area contributed by atoms with E-state index in [4.69, 9.17) is 20.2 Å². The van der Waals surface area contributed by atoms with Gasteiger partial charge in [0.05, 0.1) is 25.6 Å². The molecule has 0 radical (unpaired) electrons. The lowest BCUT2D eigenvalue weighted by atomic mass is 10.1. The van der Waals surface area contributed by atoms with Gasteiger partial charge in [-0.2, -0.15) is 4.68 Å². The number of aryl methyl sites for hydroxylation is 1. The van der Waals surface area contributed by atoms with E-state index in [0.29, 0.717) is 22.3 Å². The monoisotopic (exact) mass is 393 g/mol. The number of nitrogens with two attached hydrogens (primary N) is 1. The summed E-state index contributed by atoms with van der Waals surface area (Å²) >= 11 is 1.45. The number of methoxy groups -OCH3 is 2. The van der Waals surface area contributed by atoms with E-state index in [1.165, 1.54) is 16.9 Å². The molecule has 0 aliphatic rings.